The van der Waals surface area contributed by atoms with Gasteiger partial charge in [-0.1, -0.05) is 11.6 Å². The van der Waals surface area contributed by atoms with Crippen molar-refractivity contribution in [2.45, 2.75) is 6.92 Å². The van der Waals surface area contributed by atoms with Gasteiger partial charge in [-0.05, 0) is 48.5 Å². The molecule has 0 bridgehead atoms. The molecule has 3 aromatic rings. The van der Waals surface area contributed by atoms with E-state index in [1.165, 1.54) is 0 Å². The van der Waals surface area contributed by atoms with Crippen LogP contribution in [-0.4, -0.2) is 16.0 Å². The zero-order valence-corrected chi connectivity index (χ0v) is 12.0. The van der Waals surface area contributed by atoms with Crippen molar-refractivity contribution in [1.29, 1.82) is 0 Å². The Morgan fingerprint density at radius 1 is 1.29 bits per heavy atom. The van der Waals surface area contributed by atoms with Crippen LogP contribution in [0.5, 0.6) is 5.75 Å². The highest BCUT2D eigenvalue weighted by atomic mass is 35.5. The summed E-state index contributed by atoms with van der Waals surface area (Å²) in [7, 11) is 0. The van der Waals surface area contributed by atoms with E-state index in [4.69, 9.17) is 16.3 Å². The van der Waals surface area contributed by atoms with Gasteiger partial charge in [-0.25, -0.2) is 4.98 Å². The van der Waals surface area contributed by atoms with E-state index < -0.39 is 0 Å². The maximum atomic E-state index is 11.2. The molecule has 0 aliphatic rings. The smallest absolute Gasteiger partial charge is 0.209 e. The molecule has 0 saturated carbocycles. The number of ether oxygens (including phenoxy) is 1. The summed E-state index contributed by atoms with van der Waals surface area (Å²) in [6, 6.07) is 10.8. The number of nitroso groups, excluding NO2 is 1. The Kier molecular flexibility index (Phi) is 3.58. The van der Waals surface area contributed by atoms with Gasteiger partial charge in [0, 0.05) is 11.8 Å². The van der Waals surface area contributed by atoms with Crippen molar-refractivity contribution in [3.63, 3.8) is 0 Å². The topological polar surface area (TPSA) is 56.0 Å². The SMILES string of the molecule is CCOc1ccc(-c2nc3c(Cl)cccn3c2N=O)cc1. The summed E-state index contributed by atoms with van der Waals surface area (Å²) >= 11 is 6.11. The third kappa shape index (κ3) is 2.36. The largest absolute Gasteiger partial charge is 0.494 e. The summed E-state index contributed by atoms with van der Waals surface area (Å²) in [6.07, 6.45) is 1.71. The molecule has 0 aliphatic heterocycles. The Bertz CT molecular complexity index is 797. The number of rotatable bonds is 4. The van der Waals surface area contributed by atoms with E-state index in [0.29, 0.717) is 23.0 Å². The van der Waals surface area contributed by atoms with Gasteiger partial charge in [0.15, 0.2) is 5.65 Å². The Morgan fingerprint density at radius 2 is 2.05 bits per heavy atom. The maximum Gasteiger partial charge on any atom is 0.209 e. The Morgan fingerprint density at radius 3 is 2.71 bits per heavy atom. The lowest BCUT2D eigenvalue weighted by Gasteiger charge is -2.03. The quantitative estimate of drug-likeness (QED) is 0.669. The highest BCUT2D eigenvalue weighted by Gasteiger charge is 2.16. The molecule has 0 radical (unpaired) electrons. The number of pyridine rings is 1. The summed E-state index contributed by atoms with van der Waals surface area (Å²) in [6.45, 7) is 2.52. The predicted molar refractivity (Wildman–Crippen MR) is 82.3 cm³/mol. The van der Waals surface area contributed by atoms with Crippen molar-refractivity contribution in [3.8, 4) is 17.0 Å². The summed E-state index contributed by atoms with van der Waals surface area (Å²) in [5.41, 5.74) is 1.80. The molecule has 2 aromatic heterocycles. The van der Waals surface area contributed by atoms with Gasteiger partial charge < -0.3 is 4.74 Å². The molecule has 0 unspecified atom stereocenters. The van der Waals surface area contributed by atoms with E-state index in [1.807, 2.05) is 31.2 Å². The highest BCUT2D eigenvalue weighted by Crippen LogP contribution is 2.33. The van der Waals surface area contributed by atoms with Crippen LogP contribution in [0.3, 0.4) is 0 Å². The zero-order chi connectivity index (χ0) is 14.8. The van der Waals surface area contributed by atoms with Crippen molar-refractivity contribution < 1.29 is 4.74 Å². The first-order valence-electron chi connectivity index (χ1n) is 6.47. The first-order valence-corrected chi connectivity index (χ1v) is 6.85. The minimum Gasteiger partial charge on any atom is -0.494 e. The summed E-state index contributed by atoms with van der Waals surface area (Å²) in [5, 5.41) is 3.57. The number of fused-ring (bicyclic) bond motifs is 1. The molecule has 0 amide bonds. The van der Waals surface area contributed by atoms with Crippen LogP contribution in [0.4, 0.5) is 5.82 Å². The van der Waals surface area contributed by atoms with Gasteiger partial charge in [-0.2, -0.15) is 0 Å². The molecule has 0 spiro atoms. The maximum absolute atomic E-state index is 11.2. The second kappa shape index (κ2) is 5.54. The average Bonchev–Trinajstić information content (AvgIpc) is 2.88. The molecule has 3 rings (SSSR count). The van der Waals surface area contributed by atoms with E-state index >= 15 is 0 Å². The van der Waals surface area contributed by atoms with Gasteiger partial charge in [0.2, 0.25) is 5.82 Å². The lowest BCUT2D eigenvalue weighted by Crippen LogP contribution is -1.90. The van der Waals surface area contributed by atoms with Crippen molar-refractivity contribution >= 4 is 23.1 Å². The first kappa shape index (κ1) is 13.6. The average molecular weight is 302 g/mol. The number of hydrogen-bond donors (Lipinski definition) is 0. The van der Waals surface area contributed by atoms with Crippen LogP contribution in [0.15, 0.2) is 47.8 Å². The van der Waals surface area contributed by atoms with Crippen LogP contribution in [0, 0.1) is 4.91 Å². The molecule has 6 heteroatoms. The molecule has 0 atom stereocenters. The van der Waals surface area contributed by atoms with Crippen molar-refractivity contribution in [2.75, 3.05) is 6.61 Å². The number of halogens is 1. The number of nitrogens with zero attached hydrogens (tertiary/aromatic N) is 3. The predicted octanol–water partition coefficient (Wildman–Crippen LogP) is 4.45. The molecule has 106 valence electrons. The van der Waals surface area contributed by atoms with E-state index in [2.05, 4.69) is 10.2 Å². The second-order valence-electron chi connectivity index (χ2n) is 4.38. The van der Waals surface area contributed by atoms with E-state index in [1.54, 1.807) is 22.7 Å². The molecule has 0 N–H and O–H groups in total. The molecule has 0 aliphatic carbocycles. The van der Waals surface area contributed by atoms with Crippen molar-refractivity contribution in [1.82, 2.24) is 9.38 Å². The van der Waals surface area contributed by atoms with E-state index in [9.17, 15) is 4.91 Å². The zero-order valence-electron chi connectivity index (χ0n) is 11.3. The Hall–Kier alpha value is -2.40. The third-order valence-electron chi connectivity index (χ3n) is 3.10. The molecular weight excluding hydrogens is 290 g/mol. The van der Waals surface area contributed by atoms with Crippen LogP contribution >= 0.6 is 11.6 Å². The minimum atomic E-state index is 0.233. The highest BCUT2D eigenvalue weighted by molar-refractivity contribution is 6.33. The number of benzene rings is 1. The molecular formula is C15H12ClN3O2. The van der Waals surface area contributed by atoms with Crippen molar-refractivity contribution in [3.05, 3.63) is 52.5 Å². The lowest BCUT2D eigenvalue weighted by molar-refractivity contribution is 0.340. The summed E-state index contributed by atoms with van der Waals surface area (Å²) in [5.74, 6) is 1.00. The first-order chi connectivity index (χ1) is 10.2. The van der Waals surface area contributed by atoms with Gasteiger partial charge in [0.1, 0.15) is 11.4 Å². The van der Waals surface area contributed by atoms with Crippen LogP contribution in [0.25, 0.3) is 16.9 Å². The third-order valence-corrected chi connectivity index (χ3v) is 3.40. The summed E-state index contributed by atoms with van der Waals surface area (Å²) in [4.78, 5) is 15.6. The fourth-order valence-corrected chi connectivity index (χ4v) is 2.38. The van der Waals surface area contributed by atoms with E-state index in [-0.39, 0.29) is 5.82 Å². The second-order valence-corrected chi connectivity index (χ2v) is 4.79. The standard InChI is InChI=1S/C15H12ClN3O2/c1-2-21-11-7-5-10(6-8-11)13-15(18-20)19-9-3-4-12(16)14(19)17-13/h3-9H,2H2,1H3. The van der Waals surface area contributed by atoms with Crippen LogP contribution < -0.4 is 4.74 Å². The molecule has 0 saturated heterocycles. The van der Waals surface area contributed by atoms with Gasteiger partial charge in [0.05, 0.1) is 11.6 Å². The monoisotopic (exact) mass is 301 g/mol. The molecule has 1 aromatic carbocycles. The Labute approximate surface area is 126 Å². The molecule has 0 fully saturated rings. The number of hydrogen-bond acceptors (Lipinski definition) is 4. The Balaban J connectivity index is 2.15. The summed E-state index contributed by atoms with van der Waals surface area (Å²) < 4.78 is 6.98. The van der Waals surface area contributed by atoms with Crippen LogP contribution in [0.2, 0.25) is 5.02 Å². The van der Waals surface area contributed by atoms with Gasteiger partial charge >= 0.3 is 0 Å². The molecule has 5 nitrogen and oxygen atoms in total. The lowest BCUT2D eigenvalue weighted by atomic mass is 10.1. The molecule has 21 heavy (non-hydrogen) atoms. The van der Waals surface area contributed by atoms with Crippen molar-refractivity contribution in [2.24, 2.45) is 5.18 Å². The van der Waals surface area contributed by atoms with Gasteiger partial charge in [-0.15, -0.1) is 4.91 Å². The number of imidazole rings is 1. The van der Waals surface area contributed by atoms with Gasteiger partial charge in [-0.3, -0.25) is 4.40 Å². The van der Waals surface area contributed by atoms with Crippen LogP contribution in [0.1, 0.15) is 6.92 Å². The number of aromatic nitrogens is 2. The van der Waals surface area contributed by atoms with E-state index in [0.717, 1.165) is 11.3 Å². The fraction of sp³-hybridized carbons (Fsp3) is 0.133. The minimum absolute atomic E-state index is 0.233. The van der Waals surface area contributed by atoms with Crippen LogP contribution in [-0.2, 0) is 0 Å². The fourth-order valence-electron chi connectivity index (χ4n) is 2.18. The molecule has 2 heterocycles. The van der Waals surface area contributed by atoms with Gasteiger partial charge in [0.25, 0.3) is 0 Å². The normalized spacial score (nSPS) is 10.8.